The van der Waals surface area contributed by atoms with Gasteiger partial charge in [0.2, 0.25) is 5.17 Å². The molecule has 0 saturated heterocycles. The molecule has 0 bridgehead atoms. The average molecular weight is 557 g/mol. The Bertz CT molecular complexity index is 1290. The number of thioether (sulfide) groups is 1. The number of benzene rings is 2. The number of ether oxygens (including phenoxy) is 3. The van der Waals surface area contributed by atoms with Crippen LogP contribution < -0.4 is 14.2 Å². The highest BCUT2D eigenvalue weighted by Gasteiger charge is 2.35. The van der Waals surface area contributed by atoms with Crippen molar-refractivity contribution in [3.05, 3.63) is 57.1 Å². The number of methoxy groups -OCH3 is 1. The third-order valence-corrected chi connectivity index (χ3v) is 7.08. The van der Waals surface area contributed by atoms with Crippen molar-refractivity contribution in [2.24, 2.45) is 10.1 Å². The van der Waals surface area contributed by atoms with Crippen LogP contribution in [0.25, 0.3) is 6.08 Å². The van der Waals surface area contributed by atoms with Crippen molar-refractivity contribution in [3.8, 4) is 17.2 Å². The molecule has 10 heteroatoms. The van der Waals surface area contributed by atoms with E-state index in [0.717, 1.165) is 10.8 Å². The number of halogens is 1. The molecule has 2 aromatic carbocycles. The zero-order chi connectivity index (χ0) is 25.1. The first-order chi connectivity index (χ1) is 16.8. The lowest BCUT2D eigenvalue weighted by Gasteiger charge is -2.20. The standard InChI is InChI=1S/C25H25BrN4O4S/c1-5-21-29-30-23(27)18(24(31)28-25(30)35-21)11-16-12-19(26)22(20(13-16)32-4)34-9-8-33-17-7-6-14(2)15(3)10-17/h6-7,10-13,27H,5,8-9H2,1-4H3. The molecule has 4 rings (SSSR count). The maximum absolute atomic E-state index is 12.6. The lowest BCUT2D eigenvalue weighted by molar-refractivity contribution is -0.114. The zero-order valence-electron chi connectivity index (χ0n) is 19.8. The van der Waals surface area contributed by atoms with E-state index in [2.05, 4.69) is 32.9 Å². The lowest BCUT2D eigenvalue weighted by Crippen LogP contribution is -2.35. The first kappa shape index (κ1) is 25.0. The number of hydrazone groups is 1. The molecule has 1 amide bonds. The van der Waals surface area contributed by atoms with Gasteiger partial charge < -0.3 is 14.2 Å². The van der Waals surface area contributed by atoms with Gasteiger partial charge in [0.05, 0.1) is 17.2 Å². The minimum Gasteiger partial charge on any atom is -0.493 e. The highest BCUT2D eigenvalue weighted by atomic mass is 79.9. The molecule has 2 aliphatic heterocycles. The SMILES string of the molecule is CCC1=NN2C(=N)C(=Cc3cc(Br)c(OCCOc4ccc(C)c(C)c4)c(OC)c3)C(=O)N=C2S1. The number of carbonyl (C=O) groups is 1. The molecular formula is C25H25BrN4O4S. The number of amides is 1. The molecule has 35 heavy (non-hydrogen) atoms. The lowest BCUT2D eigenvalue weighted by atomic mass is 10.1. The van der Waals surface area contributed by atoms with E-state index in [9.17, 15) is 4.79 Å². The topological polar surface area (TPSA) is 96.6 Å². The Morgan fingerprint density at radius 2 is 1.91 bits per heavy atom. The fourth-order valence-electron chi connectivity index (χ4n) is 3.41. The van der Waals surface area contributed by atoms with Crippen molar-refractivity contribution in [2.75, 3.05) is 20.3 Å². The van der Waals surface area contributed by atoms with Gasteiger partial charge in [-0.05, 0) is 95.0 Å². The van der Waals surface area contributed by atoms with Gasteiger partial charge in [-0.1, -0.05) is 13.0 Å². The van der Waals surface area contributed by atoms with Crippen LogP contribution in [-0.4, -0.2) is 47.3 Å². The maximum Gasteiger partial charge on any atom is 0.283 e. The third kappa shape index (κ3) is 5.43. The largest absolute Gasteiger partial charge is 0.493 e. The van der Waals surface area contributed by atoms with E-state index >= 15 is 0 Å². The van der Waals surface area contributed by atoms with Crippen LogP contribution in [0.1, 0.15) is 30.0 Å². The molecule has 2 heterocycles. The maximum atomic E-state index is 12.6. The molecule has 0 radical (unpaired) electrons. The van der Waals surface area contributed by atoms with E-state index in [1.54, 1.807) is 25.3 Å². The van der Waals surface area contributed by atoms with Gasteiger partial charge in [-0.15, -0.1) is 0 Å². The van der Waals surface area contributed by atoms with Crippen LogP contribution >= 0.6 is 27.7 Å². The zero-order valence-corrected chi connectivity index (χ0v) is 22.2. The van der Waals surface area contributed by atoms with Crippen molar-refractivity contribution in [3.63, 3.8) is 0 Å². The highest BCUT2D eigenvalue weighted by molar-refractivity contribution is 9.10. The van der Waals surface area contributed by atoms with Gasteiger partial charge in [0.25, 0.3) is 5.91 Å². The summed E-state index contributed by atoms with van der Waals surface area (Å²) in [5.41, 5.74) is 3.20. The van der Waals surface area contributed by atoms with Gasteiger partial charge >= 0.3 is 0 Å². The number of nitrogens with one attached hydrogen (secondary N) is 1. The molecule has 0 spiro atoms. The molecular weight excluding hydrogens is 532 g/mol. The number of aryl methyl sites for hydroxylation is 2. The summed E-state index contributed by atoms with van der Waals surface area (Å²) < 4.78 is 17.9. The van der Waals surface area contributed by atoms with Crippen molar-refractivity contribution in [2.45, 2.75) is 27.2 Å². The van der Waals surface area contributed by atoms with E-state index < -0.39 is 5.91 Å². The molecule has 0 unspecified atom stereocenters. The van der Waals surface area contributed by atoms with Crippen LogP contribution in [0.3, 0.4) is 0 Å². The number of amidine groups is 2. The summed E-state index contributed by atoms with van der Waals surface area (Å²) in [6, 6.07) is 9.51. The molecule has 2 aromatic rings. The van der Waals surface area contributed by atoms with Crippen LogP contribution in [0, 0.1) is 19.3 Å². The molecule has 2 aliphatic rings. The quantitative estimate of drug-likeness (QED) is 0.337. The Hall–Kier alpha value is -3.11. The number of rotatable bonds is 8. The molecule has 0 fully saturated rings. The Morgan fingerprint density at radius 3 is 2.63 bits per heavy atom. The minimum absolute atomic E-state index is 0.00476. The van der Waals surface area contributed by atoms with E-state index in [-0.39, 0.29) is 11.4 Å². The molecule has 0 saturated carbocycles. The number of nitrogens with zero attached hydrogens (tertiary/aromatic N) is 3. The third-order valence-electron chi connectivity index (χ3n) is 5.44. The first-order valence-corrected chi connectivity index (χ1v) is 12.6. The molecule has 1 N–H and O–H groups in total. The van der Waals surface area contributed by atoms with E-state index in [0.29, 0.717) is 46.3 Å². The average Bonchev–Trinajstić information content (AvgIpc) is 3.25. The van der Waals surface area contributed by atoms with Gasteiger partial charge in [0.15, 0.2) is 17.3 Å². The summed E-state index contributed by atoms with van der Waals surface area (Å²) in [6.45, 7) is 6.75. The number of carbonyl (C=O) groups excluding carboxylic acids is 1. The van der Waals surface area contributed by atoms with Crippen LogP contribution in [0.4, 0.5) is 0 Å². The van der Waals surface area contributed by atoms with Crippen molar-refractivity contribution in [1.82, 2.24) is 5.01 Å². The summed E-state index contributed by atoms with van der Waals surface area (Å²) in [4.78, 5) is 16.7. The van der Waals surface area contributed by atoms with Crippen LogP contribution in [-0.2, 0) is 4.79 Å². The van der Waals surface area contributed by atoms with Crippen LogP contribution in [0.2, 0.25) is 0 Å². The van der Waals surface area contributed by atoms with Gasteiger partial charge in [0, 0.05) is 0 Å². The Labute approximate surface area is 216 Å². The van der Waals surface area contributed by atoms with Crippen LogP contribution in [0.5, 0.6) is 17.2 Å². The molecule has 182 valence electrons. The summed E-state index contributed by atoms with van der Waals surface area (Å²) >= 11 is 4.85. The fraction of sp³-hybridized carbons (Fsp3) is 0.280. The van der Waals surface area contributed by atoms with E-state index in [1.807, 2.05) is 32.0 Å². The molecule has 0 atom stereocenters. The first-order valence-electron chi connectivity index (χ1n) is 11.0. The summed E-state index contributed by atoms with van der Waals surface area (Å²) in [5, 5.41) is 15.5. The predicted molar refractivity (Wildman–Crippen MR) is 143 cm³/mol. The molecule has 0 aliphatic carbocycles. The van der Waals surface area contributed by atoms with Crippen molar-refractivity contribution >= 4 is 55.7 Å². The number of hydrogen-bond acceptors (Lipinski definition) is 7. The number of hydrogen-bond donors (Lipinski definition) is 1. The number of fused-ring (bicyclic) bond motifs is 1. The second kappa shape index (κ2) is 10.7. The smallest absolute Gasteiger partial charge is 0.283 e. The molecule has 0 aromatic heterocycles. The normalized spacial score (nSPS) is 16.3. The Kier molecular flexibility index (Phi) is 7.61. The molecule has 8 nitrogen and oxygen atoms in total. The minimum atomic E-state index is -0.472. The van der Waals surface area contributed by atoms with Gasteiger partial charge in [-0.25, -0.2) is 0 Å². The second-order valence-corrected chi connectivity index (χ2v) is 9.74. The summed E-state index contributed by atoms with van der Waals surface area (Å²) in [7, 11) is 1.55. The predicted octanol–water partition coefficient (Wildman–Crippen LogP) is 5.56. The van der Waals surface area contributed by atoms with E-state index in [1.165, 1.54) is 27.9 Å². The van der Waals surface area contributed by atoms with Gasteiger partial charge in [0.1, 0.15) is 24.0 Å². The highest BCUT2D eigenvalue weighted by Crippen LogP contribution is 2.38. The monoisotopic (exact) mass is 556 g/mol. The van der Waals surface area contributed by atoms with Gasteiger partial charge in [-0.2, -0.15) is 15.1 Å². The summed E-state index contributed by atoms with van der Waals surface area (Å²) in [5.74, 6) is 1.33. The van der Waals surface area contributed by atoms with Crippen molar-refractivity contribution < 1.29 is 19.0 Å². The fourth-order valence-corrected chi connectivity index (χ4v) is 4.81. The number of aliphatic imine (C=N–C) groups is 1. The van der Waals surface area contributed by atoms with E-state index in [4.69, 9.17) is 19.6 Å². The van der Waals surface area contributed by atoms with Gasteiger partial charge in [-0.3, -0.25) is 10.2 Å². The second-order valence-electron chi connectivity index (χ2n) is 7.84. The Morgan fingerprint density at radius 1 is 1.14 bits per heavy atom. The van der Waals surface area contributed by atoms with Crippen LogP contribution in [0.15, 0.2) is 50.5 Å². The van der Waals surface area contributed by atoms with Crippen molar-refractivity contribution in [1.29, 1.82) is 5.41 Å². The summed E-state index contributed by atoms with van der Waals surface area (Å²) in [6.07, 6.45) is 2.32. The Balaban J connectivity index is 1.48.